The first kappa shape index (κ1) is 11.6. The Morgan fingerprint density at radius 2 is 2.20 bits per heavy atom. The maximum Gasteiger partial charge on any atom is 0.184 e. The van der Waals surface area contributed by atoms with Crippen molar-refractivity contribution in [1.82, 2.24) is 0 Å². The molecule has 0 heterocycles. The Balaban J connectivity index is 3.39. The molecule has 0 aliphatic carbocycles. The number of benzene rings is 1. The Morgan fingerprint density at radius 1 is 1.53 bits per heavy atom. The molecule has 0 aliphatic rings. The molecule has 0 aliphatic heterocycles. The number of hydrogen-bond acceptors (Lipinski definition) is 3. The lowest BCUT2D eigenvalue weighted by molar-refractivity contribution is 0.332. The molecule has 0 bridgehead atoms. The van der Waals surface area contributed by atoms with Gasteiger partial charge in [0.1, 0.15) is 22.4 Å². The van der Waals surface area contributed by atoms with Gasteiger partial charge in [0.15, 0.2) is 11.6 Å². The number of rotatable bonds is 3. The van der Waals surface area contributed by atoms with E-state index in [2.05, 4.69) is 0 Å². The van der Waals surface area contributed by atoms with E-state index >= 15 is 0 Å². The van der Waals surface area contributed by atoms with Crippen molar-refractivity contribution >= 4 is 11.6 Å². The highest BCUT2D eigenvalue weighted by Gasteiger charge is 2.18. The van der Waals surface area contributed by atoms with Gasteiger partial charge >= 0.3 is 0 Å². The molecule has 0 saturated carbocycles. The molecule has 0 N–H and O–H groups in total. The molecular weight excluding hydrogens is 221 g/mol. The fourth-order valence-electron chi connectivity index (χ4n) is 1.10. The number of halogens is 2. The Labute approximate surface area is 92.0 Å². The van der Waals surface area contributed by atoms with Crippen molar-refractivity contribution in [2.75, 3.05) is 13.7 Å². The summed E-state index contributed by atoms with van der Waals surface area (Å²) in [5.41, 5.74) is -0.264. The predicted molar refractivity (Wildman–Crippen MR) is 53.8 cm³/mol. The molecule has 15 heavy (non-hydrogen) atoms. The molecule has 0 radical (unpaired) electrons. The van der Waals surface area contributed by atoms with E-state index in [1.165, 1.54) is 13.2 Å². The van der Waals surface area contributed by atoms with Crippen molar-refractivity contribution in [2.45, 2.75) is 6.92 Å². The molecule has 0 amide bonds. The van der Waals surface area contributed by atoms with Crippen molar-refractivity contribution in [3.8, 4) is 17.6 Å². The van der Waals surface area contributed by atoms with Crippen molar-refractivity contribution < 1.29 is 13.9 Å². The van der Waals surface area contributed by atoms with Crippen LogP contribution in [-0.2, 0) is 0 Å². The summed E-state index contributed by atoms with van der Waals surface area (Å²) >= 11 is 5.78. The van der Waals surface area contributed by atoms with Crippen LogP contribution in [-0.4, -0.2) is 13.7 Å². The van der Waals surface area contributed by atoms with Gasteiger partial charge in [-0.25, -0.2) is 4.39 Å². The van der Waals surface area contributed by atoms with Crippen LogP contribution in [0.15, 0.2) is 6.07 Å². The summed E-state index contributed by atoms with van der Waals surface area (Å²) < 4.78 is 23.4. The quantitative estimate of drug-likeness (QED) is 0.800. The highest BCUT2D eigenvalue weighted by molar-refractivity contribution is 6.33. The average molecular weight is 230 g/mol. The first-order chi connectivity index (χ1) is 7.15. The molecular formula is C10H9ClFNO2. The van der Waals surface area contributed by atoms with E-state index in [4.69, 9.17) is 26.3 Å². The van der Waals surface area contributed by atoms with E-state index in [-0.39, 0.29) is 22.1 Å². The lowest BCUT2D eigenvalue weighted by Gasteiger charge is -2.10. The summed E-state index contributed by atoms with van der Waals surface area (Å²) in [7, 11) is 1.31. The van der Waals surface area contributed by atoms with Gasteiger partial charge in [0.2, 0.25) is 0 Å². The van der Waals surface area contributed by atoms with Gasteiger partial charge in [-0.05, 0) is 6.92 Å². The van der Waals surface area contributed by atoms with Crippen LogP contribution in [0.2, 0.25) is 5.02 Å². The van der Waals surface area contributed by atoms with Crippen LogP contribution >= 0.6 is 11.6 Å². The summed E-state index contributed by atoms with van der Waals surface area (Å²) in [6.07, 6.45) is 0. The molecule has 0 fully saturated rings. The van der Waals surface area contributed by atoms with Crippen LogP contribution in [0.3, 0.4) is 0 Å². The van der Waals surface area contributed by atoms with Crippen LogP contribution in [0.25, 0.3) is 0 Å². The van der Waals surface area contributed by atoms with E-state index in [0.29, 0.717) is 6.61 Å². The normalized spacial score (nSPS) is 9.53. The van der Waals surface area contributed by atoms with Gasteiger partial charge in [-0.3, -0.25) is 0 Å². The number of nitriles is 1. The number of ether oxygens (including phenoxy) is 2. The maximum absolute atomic E-state index is 13.5. The zero-order chi connectivity index (χ0) is 11.4. The van der Waals surface area contributed by atoms with E-state index in [1.54, 1.807) is 13.0 Å². The summed E-state index contributed by atoms with van der Waals surface area (Å²) in [6.45, 7) is 2.14. The van der Waals surface area contributed by atoms with Crippen molar-refractivity contribution in [3.05, 3.63) is 22.5 Å². The Bertz CT molecular complexity index is 415. The molecule has 0 unspecified atom stereocenters. The summed E-state index contributed by atoms with van der Waals surface area (Å²) in [4.78, 5) is 0. The third kappa shape index (κ3) is 2.13. The lowest BCUT2D eigenvalue weighted by Crippen LogP contribution is -1.98. The number of hydrogen-bond donors (Lipinski definition) is 0. The van der Waals surface area contributed by atoms with Gasteiger partial charge in [0.25, 0.3) is 0 Å². The first-order valence-corrected chi connectivity index (χ1v) is 4.62. The Morgan fingerprint density at radius 3 is 2.67 bits per heavy atom. The zero-order valence-corrected chi connectivity index (χ0v) is 9.06. The molecule has 0 saturated heterocycles. The molecule has 0 aromatic heterocycles. The van der Waals surface area contributed by atoms with Gasteiger partial charge in [-0.1, -0.05) is 11.6 Å². The van der Waals surface area contributed by atoms with Crippen molar-refractivity contribution in [2.24, 2.45) is 0 Å². The van der Waals surface area contributed by atoms with E-state index in [9.17, 15) is 4.39 Å². The van der Waals surface area contributed by atoms with E-state index in [1.807, 2.05) is 0 Å². The third-order valence-electron chi connectivity index (χ3n) is 1.77. The van der Waals surface area contributed by atoms with Crippen LogP contribution in [0.5, 0.6) is 11.5 Å². The molecule has 80 valence electrons. The zero-order valence-electron chi connectivity index (χ0n) is 8.30. The van der Waals surface area contributed by atoms with Gasteiger partial charge < -0.3 is 9.47 Å². The van der Waals surface area contributed by atoms with Crippen molar-refractivity contribution in [3.63, 3.8) is 0 Å². The number of methoxy groups -OCH3 is 1. The molecule has 1 aromatic rings. The Hall–Kier alpha value is -1.47. The highest BCUT2D eigenvalue weighted by atomic mass is 35.5. The standard InChI is InChI=1S/C10H9ClFNO2/c1-3-15-7-4-8(14-2)10(12)6(5-13)9(7)11/h4H,3H2,1-2H3. The minimum absolute atomic E-state index is 0.0300. The average Bonchev–Trinajstić information content (AvgIpc) is 2.23. The third-order valence-corrected chi connectivity index (χ3v) is 2.14. The number of nitrogens with zero attached hydrogens (tertiary/aromatic N) is 1. The van der Waals surface area contributed by atoms with Gasteiger partial charge in [-0.15, -0.1) is 0 Å². The minimum Gasteiger partial charge on any atom is -0.493 e. The van der Waals surface area contributed by atoms with Gasteiger partial charge in [-0.2, -0.15) is 5.26 Å². The molecule has 3 nitrogen and oxygen atoms in total. The highest BCUT2D eigenvalue weighted by Crippen LogP contribution is 2.35. The van der Waals surface area contributed by atoms with Crippen LogP contribution in [0.1, 0.15) is 12.5 Å². The fourth-order valence-corrected chi connectivity index (χ4v) is 1.33. The second kappa shape index (κ2) is 4.85. The topological polar surface area (TPSA) is 42.2 Å². The molecule has 1 aromatic carbocycles. The smallest absolute Gasteiger partial charge is 0.184 e. The fraction of sp³-hybridized carbons (Fsp3) is 0.300. The SMILES string of the molecule is CCOc1cc(OC)c(F)c(C#N)c1Cl. The molecule has 0 atom stereocenters. The molecule has 0 spiro atoms. The summed E-state index contributed by atoms with van der Waals surface area (Å²) in [6, 6.07) is 2.99. The van der Waals surface area contributed by atoms with E-state index < -0.39 is 5.82 Å². The maximum atomic E-state index is 13.5. The second-order valence-electron chi connectivity index (χ2n) is 2.62. The minimum atomic E-state index is -0.770. The van der Waals surface area contributed by atoms with Crippen molar-refractivity contribution in [1.29, 1.82) is 5.26 Å². The largest absolute Gasteiger partial charge is 0.493 e. The summed E-state index contributed by atoms with van der Waals surface area (Å²) in [5, 5.41) is 8.70. The van der Waals surface area contributed by atoms with Crippen LogP contribution < -0.4 is 9.47 Å². The van der Waals surface area contributed by atoms with Crippen LogP contribution in [0, 0.1) is 17.1 Å². The second-order valence-corrected chi connectivity index (χ2v) is 3.00. The van der Waals surface area contributed by atoms with Gasteiger partial charge in [0, 0.05) is 6.07 Å². The first-order valence-electron chi connectivity index (χ1n) is 4.24. The lowest BCUT2D eigenvalue weighted by atomic mass is 10.2. The Kier molecular flexibility index (Phi) is 3.75. The molecule has 5 heteroatoms. The predicted octanol–water partition coefficient (Wildman–Crippen LogP) is 2.76. The molecule has 1 rings (SSSR count). The monoisotopic (exact) mass is 229 g/mol. The van der Waals surface area contributed by atoms with E-state index in [0.717, 1.165) is 0 Å². The van der Waals surface area contributed by atoms with Gasteiger partial charge in [0.05, 0.1) is 13.7 Å². The van der Waals surface area contributed by atoms with Crippen LogP contribution in [0.4, 0.5) is 4.39 Å². The summed E-state index contributed by atoms with van der Waals surface area (Å²) in [5.74, 6) is -0.582.